The predicted octanol–water partition coefficient (Wildman–Crippen LogP) is 9.71. The van der Waals surface area contributed by atoms with Gasteiger partial charge in [0.1, 0.15) is 0 Å². The Bertz CT molecular complexity index is 232. The highest BCUT2D eigenvalue weighted by atomic mass is 14.3. The quantitative estimate of drug-likeness (QED) is 0.191. The maximum absolute atomic E-state index is 2.37. The zero-order valence-corrected chi connectivity index (χ0v) is 18.6. The summed E-state index contributed by atoms with van der Waals surface area (Å²) in [6.07, 6.45) is 27.7. The van der Waals surface area contributed by atoms with Crippen LogP contribution in [0.2, 0.25) is 0 Å². The monoisotopic (exact) mass is 352 g/mol. The Labute approximate surface area is 161 Å². The summed E-state index contributed by atoms with van der Waals surface area (Å²) in [4.78, 5) is 0. The smallest absolute Gasteiger partial charge is 0.0386 e. The zero-order valence-electron chi connectivity index (χ0n) is 18.6. The molecule has 0 aliphatic carbocycles. The van der Waals surface area contributed by atoms with E-state index < -0.39 is 0 Å². The average molecular weight is 353 g/mol. The van der Waals surface area contributed by atoms with E-state index in [9.17, 15) is 0 Å². The third-order valence-electron chi connectivity index (χ3n) is 6.13. The van der Waals surface area contributed by atoms with E-state index in [2.05, 4.69) is 27.7 Å². The fraction of sp³-hybridized carbons (Fsp3) is 1.00. The minimum Gasteiger partial charge on any atom is -0.0654 e. The fourth-order valence-corrected chi connectivity index (χ4v) is 4.37. The van der Waals surface area contributed by atoms with Gasteiger partial charge in [0.2, 0.25) is 0 Å². The van der Waals surface area contributed by atoms with Gasteiger partial charge in [-0.1, -0.05) is 150 Å². The Kier molecular flexibility index (Phi) is 20.3. The third-order valence-corrected chi connectivity index (χ3v) is 6.13. The van der Waals surface area contributed by atoms with E-state index in [0.29, 0.717) is 0 Å². The van der Waals surface area contributed by atoms with Gasteiger partial charge in [-0.3, -0.25) is 0 Å². The van der Waals surface area contributed by atoms with Gasteiger partial charge in [-0.25, -0.2) is 0 Å². The number of hydrogen-bond donors (Lipinski definition) is 0. The van der Waals surface area contributed by atoms with Crippen molar-refractivity contribution in [3.8, 4) is 0 Å². The van der Waals surface area contributed by atoms with Gasteiger partial charge in [-0.15, -0.1) is 0 Å². The van der Waals surface area contributed by atoms with Gasteiger partial charge < -0.3 is 0 Å². The van der Waals surface area contributed by atoms with Crippen molar-refractivity contribution in [1.82, 2.24) is 0 Å². The lowest BCUT2D eigenvalue weighted by Crippen LogP contribution is -2.16. The van der Waals surface area contributed by atoms with Crippen LogP contribution in [0.15, 0.2) is 0 Å². The Balaban J connectivity index is 4.38. The second-order valence-corrected chi connectivity index (χ2v) is 8.56. The van der Waals surface area contributed by atoms with Gasteiger partial charge in [0.05, 0.1) is 0 Å². The van der Waals surface area contributed by atoms with Crippen LogP contribution in [-0.4, -0.2) is 0 Å². The minimum absolute atomic E-state index is 1.03. The first-order valence-electron chi connectivity index (χ1n) is 12.3. The molecule has 2 atom stereocenters. The lowest BCUT2D eigenvalue weighted by Gasteiger charge is -2.28. The molecule has 0 spiro atoms. The molecule has 0 heteroatoms. The summed E-state index contributed by atoms with van der Waals surface area (Å²) in [6.45, 7) is 9.37. The van der Waals surface area contributed by atoms with E-state index >= 15 is 0 Å². The molecule has 0 rings (SSSR count). The van der Waals surface area contributed by atoms with Crippen molar-refractivity contribution in [2.24, 2.45) is 11.8 Å². The van der Waals surface area contributed by atoms with Crippen LogP contribution < -0.4 is 0 Å². The highest BCUT2D eigenvalue weighted by Gasteiger charge is 2.20. The molecule has 0 aliphatic rings. The van der Waals surface area contributed by atoms with Crippen molar-refractivity contribution in [1.29, 1.82) is 0 Å². The van der Waals surface area contributed by atoms with E-state index in [1.165, 1.54) is 122 Å². The summed E-state index contributed by atoms with van der Waals surface area (Å²) < 4.78 is 0. The highest BCUT2D eigenvalue weighted by Crippen LogP contribution is 2.33. The van der Waals surface area contributed by atoms with Gasteiger partial charge in [-0.2, -0.15) is 0 Å². The van der Waals surface area contributed by atoms with E-state index in [4.69, 9.17) is 0 Å². The summed E-state index contributed by atoms with van der Waals surface area (Å²) in [6, 6.07) is 0. The predicted molar refractivity (Wildman–Crippen MR) is 117 cm³/mol. The summed E-state index contributed by atoms with van der Waals surface area (Å²) in [7, 11) is 0. The lowest BCUT2D eigenvalue weighted by atomic mass is 9.78. The van der Waals surface area contributed by atoms with E-state index in [1.807, 2.05) is 0 Å². The van der Waals surface area contributed by atoms with E-state index in [-0.39, 0.29) is 0 Å². The molecule has 0 saturated carbocycles. The molecule has 25 heavy (non-hydrogen) atoms. The fourth-order valence-electron chi connectivity index (χ4n) is 4.37. The second kappa shape index (κ2) is 20.3. The SMILES string of the molecule is CCCCCCCC(CCCC)C(CCCCC)CCCCCCC. The first kappa shape index (κ1) is 25.0. The molecule has 0 N–H and O–H groups in total. The standard InChI is InChI=1S/C25H52/c1-5-9-13-15-18-22-24(20-12-8-4)25(21-17-11-7-3)23-19-16-14-10-6-2/h24-25H,5-23H2,1-4H3. The van der Waals surface area contributed by atoms with Crippen molar-refractivity contribution < 1.29 is 0 Å². The third kappa shape index (κ3) is 15.9. The number of rotatable bonds is 20. The molecule has 0 nitrogen and oxygen atoms in total. The molecule has 0 radical (unpaired) electrons. The summed E-state index contributed by atoms with van der Waals surface area (Å²) in [5, 5.41) is 0. The van der Waals surface area contributed by atoms with Crippen LogP contribution in [-0.2, 0) is 0 Å². The molecule has 2 unspecified atom stereocenters. The van der Waals surface area contributed by atoms with Crippen LogP contribution in [0, 0.1) is 11.8 Å². The molecule has 0 aromatic heterocycles. The minimum atomic E-state index is 1.03. The van der Waals surface area contributed by atoms with Gasteiger partial charge >= 0.3 is 0 Å². The average Bonchev–Trinajstić information content (AvgIpc) is 2.62. The van der Waals surface area contributed by atoms with Crippen LogP contribution in [0.3, 0.4) is 0 Å². The molecular formula is C25H52. The molecule has 0 aromatic rings. The Hall–Kier alpha value is 0. The van der Waals surface area contributed by atoms with Crippen molar-refractivity contribution in [2.75, 3.05) is 0 Å². The number of hydrogen-bond acceptors (Lipinski definition) is 0. The van der Waals surface area contributed by atoms with Crippen molar-refractivity contribution >= 4 is 0 Å². The molecule has 0 saturated heterocycles. The van der Waals surface area contributed by atoms with Crippen molar-refractivity contribution in [2.45, 2.75) is 150 Å². The van der Waals surface area contributed by atoms with Gasteiger partial charge in [0.15, 0.2) is 0 Å². The summed E-state index contributed by atoms with van der Waals surface area (Å²) in [5.74, 6) is 2.07. The molecule has 0 amide bonds. The Morgan fingerprint density at radius 3 is 1.00 bits per heavy atom. The Morgan fingerprint density at radius 1 is 0.320 bits per heavy atom. The molecule has 0 aliphatic heterocycles. The van der Waals surface area contributed by atoms with Crippen LogP contribution in [0.5, 0.6) is 0 Å². The highest BCUT2D eigenvalue weighted by molar-refractivity contribution is 4.72. The second-order valence-electron chi connectivity index (χ2n) is 8.56. The van der Waals surface area contributed by atoms with Gasteiger partial charge in [0, 0.05) is 0 Å². The molecule has 152 valence electrons. The molecule has 0 bridgehead atoms. The first-order valence-corrected chi connectivity index (χ1v) is 12.3. The summed E-state index contributed by atoms with van der Waals surface area (Å²) in [5.41, 5.74) is 0. The molecular weight excluding hydrogens is 300 g/mol. The van der Waals surface area contributed by atoms with Gasteiger partial charge in [0.25, 0.3) is 0 Å². The van der Waals surface area contributed by atoms with E-state index in [1.54, 1.807) is 0 Å². The zero-order chi connectivity index (χ0) is 18.6. The first-order chi connectivity index (χ1) is 12.3. The molecule has 0 fully saturated rings. The normalized spacial score (nSPS) is 13.9. The van der Waals surface area contributed by atoms with Crippen molar-refractivity contribution in [3.05, 3.63) is 0 Å². The maximum atomic E-state index is 2.37. The van der Waals surface area contributed by atoms with Gasteiger partial charge in [-0.05, 0) is 11.8 Å². The molecule has 0 aromatic carbocycles. The summed E-state index contributed by atoms with van der Waals surface area (Å²) >= 11 is 0. The lowest BCUT2D eigenvalue weighted by molar-refractivity contribution is 0.238. The van der Waals surface area contributed by atoms with Crippen LogP contribution in [0.1, 0.15) is 150 Å². The van der Waals surface area contributed by atoms with Crippen LogP contribution >= 0.6 is 0 Å². The Morgan fingerprint density at radius 2 is 0.600 bits per heavy atom. The van der Waals surface area contributed by atoms with E-state index in [0.717, 1.165) is 11.8 Å². The van der Waals surface area contributed by atoms with Crippen LogP contribution in [0.4, 0.5) is 0 Å². The van der Waals surface area contributed by atoms with Crippen LogP contribution in [0.25, 0.3) is 0 Å². The molecule has 0 heterocycles. The largest absolute Gasteiger partial charge is 0.0654 e. The maximum Gasteiger partial charge on any atom is -0.0386 e. The van der Waals surface area contributed by atoms with Crippen molar-refractivity contribution in [3.63, 3.8) is 0 Å². The topological polar surface area (TPSA) is 0 Å². The number of unbranched alkanes of at least 4 members (excludes halogenated alkanes) is 11.